The highest BCUT2D eigenvalue weighted by Gasteiger charge is 2.28. The number of carbonyl (C=O) groups is 4. The van der Waals surface area contributed by atoms with Crippen LogP contribution in [0.3, 0.4) is 0 Å². The summed E-state index contributed by atoms with van der Waals surface area (Å²) in [5, 5.41) is 0. The third-order valence-corrected chi connectivity index (χ3v) is 11.5. The fourth-order valence-corrected chi connectivity index (χ4v) is 7.83. The summed E-state index contributed by atoms with van der Waals surface area (Å²) in [7, 11) is 1.36. The summed E-state index contributed by atoms with van der Waals surface area (Å²) in [6, 6.07) is 54.5. The van der Waals surface area contributed by atoms with Gasteiger partial charge in [0, 0.05) is 80.7 Å². The number of anilines is 4. The van der Waals surface area contributed by atoms with Gasteiger partial charge in [-0.25, -0.2) is 14.4 Å². The van der Waals surface area contributed by atoms with Crippen LogP contribution in [0.4, 0.5) is 32.3 Å². The molecule has 0 bridgehead atoms. The van der Waals surface area contributed by atoms with E-state index in [-0.39, 0.29) is 30.4 Å². The summed E-state index contributed by atoms with van der Waals surface area (Å²) in [5.74, 6) is -0.465. The highest BCUT2D eigenvalue weighted by molar-refractivity contribution is 5.97. The van der Waals surface area contributed by atoms with E-state index in [4.69, 9.17) is 10.5 Å². The maximum atomic E-state index is 13.5. The van der Waals surface area contributed by atoms with Crippen molar-refractivity contribution in [3.8, 4) is 0 Å². The van der Waals surface area contributed by atoms with E-state index in [1.165, 1.54) is 18.5 Å². The normalized spacial score (nSPS) is 13.6. The number of piperazine rings is 2. The number of rotatable bonds is 11. The number of carbonyl (C=O) groups excluding carboxylic acids is 4. The molecule has 2 aliphatic rings. The average Bonchev–Trinajstić information content (AvgIpc) is 3.38. The molecule has 2 aliphatic heterocycles. The lowest BCUT2D eigenvalue weighted by Gasteiger charge is -2.38. The monoisotopic (exact) mass is 857 g/mol. The van der Waals surface area contributed by atoms with Crippen LogP contribution in [0.2, 0.25) is 0 Å². The van der Waals surface area contributed by atoms with E-state index >= 15 is 0 Å². The van der Waals surface area contributed by atoms with Gasteiger partial charge < -0.3 is 30.1 Å². The zero-order valence-electron chi connectivity index (χ0n) is 36.2. The zero-order chi connectivity index (χ0) is 44.7. The number of hydrogen-bond acceptors (Lipinski definition) is 8. The smallest absolute Gasteiger partial charge is 0.337 e. The van der Waals surface area contributed by atoms with E-state index in [0.29, 0.717) is 50.4 Å². The van der Waals surface area contributed by atoms with Gasteiger partial charge >= 0.3 is 18.0 Å². The van der Waals surface area contributed by atoms with E-state index in [2.05, 4.69) is 34.1 Å². The first-order valence-corrected chi connectivity index (χ1v) is 21.6. The molecule has 6 aromatic carbocycles. The van der Waals surface area contributed by atoms with E-state index in [1.807, 2.05) is 131 Å². The number of hydrogen-bond donors (Lipinski definition) is 1. The van der Waals surface area contributed by atoms with Crippen molar-refractivity contribution in [3.05, 3.63) is 192 Å². The van der Waals surface area contributed by atoms with E-state index in [9.17, 15) is 19.2 Å². The molecule has 2 saturated heterocycles. The molecular weight excluding hydrogens is 803 g/mol. The van der Waals surface area contributed by atoms with Crippen LogP contribution >= 0.6 is 0 Å². The number of ketones is 1. The summed E-state index contributed by atoms with van der Waals surface area (Å²) in [4.78, 5) is 62.6. The molecule has 0 saturated carbocycles. The van der Waals surface area contributed by atoms with Crippen molar-refractivity contribution in [1.29, 1.82) is 0 Å². The fourth-order valence-electron chi connectivity index (χ4n) is 7.83. The quantitative estimate of drug-likeness (QED) is 0.102. The average molecular weight is 858 g/mol. The summed E-state index contributed by atoms with van der Waals surface area (Å²) in [6.07, 6.45) is 0. The Balaban J connectivity index is 0.000000191. The van der Waals surface area contributed by atoms with Crippen LogP contribution in [0.5, 0.6) is 0 Å². The maximum absolute atomic E-state index is 13.5. The van der Waals surface area contributed by atoms with Gasteiger partial charge in [-0.05, 0) is 71.8 Å². The van der Waals surface area contributed by atoms with Crippen LogP contribution in [-0.2, 0) is 17.8 Å². The maximum Gasteiger partial charge on any atom is 0.337 e. The Morgan fingerprint density at radius 3 is 1.16 bits per heavy atom. The Labute approximate surface area is 375 Å². The molecule has 12 heteroatoms. The molecule has 2 N–H and O–H groups in total. The predicted octanol–water partition coefficient (Wildman–Crippen LogP) is 8.20. The second-order valence-corrected chi connectivity index (χ2v) is 15.5. The largest absolute Gasteiger partial charge is 0.465 e. The minimum absolute atomic E-state index is 0.00831. The number of urea groups is 2. The molecule has 0 unspecified atom stereocenters. The van der Waals surface area contributed by atoms with Crippen molar-refractivity contribution in [3.63, 3.8) is 0 Å². The van der Waals surface area contributed by atoms with Gasteiger partial charge in [-0.3, -0.25) is 14.6 Å². The Kier molecular flexibility index (Phi) is 15.4. The minimum atomic E-state index is -0.371. The second-order valence-electron chi connectivity index (χ2n) is 15.5. The number of Topliss-reactive ketones (excluding diaryl/α,β-unsaturated/α-hetero) is 1. The Hall–Kier alpha value is -7.44. The van der Waals surface area contributed by atoms with Gasteiger partial charge in [-0.1, -0.05) is 109 Å². The molecule has 0 radical (unpaired) electrons. The highest BCUT2D eigenvalue weighted by atomic mass is 16.5. The summed E-state index contributed by atoms with van der Waals surface area (Å²) >= 11 is 0. The van der Waals surface area contributed by atoms with Gasteiger partial charge in [0.15, 0.2) is 5.78 Å². The molecule has 328 valence electrons. The van der Waals surface area contributed by atoms with Gasteiger partial charge in [0.05, 0.1) is 32.3 Å². The summed E-state index contributed by atoms with van der Waals surface area (Å²) in [5.41, 5.74) is 12.5. The van der Waals surface area contributed by atoms with Gasteiger partial charge in [0.1, 0.15) is 0 Å². The molecule has 64 heavy (non-hydrogen) atoms. The van der Waals surface area contributed by atoms with Crippen LogP contribution in [0.1, 0.15) is 31.8 Å². The number of nitrogens with zero attached hydrogens (tertiary/aromatic N) is 6. The molecule has 4 amide bonds. The summed E-state index contributed by atoms with van der Waals surface area (Å²) in [6.45, 7) is 6.70. The van der Waals surface area contributed by atoms with E-state index in [0.717, 1.165) is 48.7 Å². The van der Waals surface area contributed by atoms with Crippen LogP contribution in [0.15, 0.2) is 170 Å². The van der Waals surface area contributed by atoms with Crippen molar-refractivity contribution >= 4 is 46.6 Å². The SMILES string of the molecule is COC(=O)c1ccc(CN(C(=O)N2CCN(c3ccccc3)CC2)c2ccccc2)cc1.NCC(=O)c1ccc(CN(C(=O)N2CCN(c3ccccc3)CC2)c2ccccc2)cc1. The van der Waals surface area contributed by atoms with Crippen LogP contribution in [0, 0.1) is 0 Å². The van der Waals surface area contributed by atoms with Crippen molar-refractivity contribution in [2.45, 2.75) is 13.1 Å². The Bertz CT molecular complexity index is 2230. The van der Waals surface area contributed by atoms with Crippen LogP contribution in [-0.4, -0.2) is 99.6 Å². The van der Waals surface area contributed by atoms with Crippen molar-refractivity contribution in [1.82, 2.24) is 9.80 Å². The first-order chi connectivity index (χ1) is 31.3. The lowest BCUT2D eigenvalue weighted by atomic mass is 10.1. The number of ether oxygens (including phenoxy) is 1. The van der Waals surface area contributed by atoms with E-state index in [1.54, 1.807) is 34.1 Å². The fraction of sp³-hybridized carbons (Fsp3) is 0.231. The number of para-hydroxylation sites is 4. The molecule has 6 aromatic rings. The molecule has 8 rings (SSSR count). The lowest BCUT2D eigenvalue weighted by molar-refractivity contribution is 0.0600. The Morgan fingerprint density at radius 2 is 0.812 bits per heavy atom. The van der Waals surface area contributed by atoms with Crippen molar-refractivity contribution < 1.29 is 23.9 Å². The number of benzene rings is 6. The first kappa shape index (κ1) is 44.6. The lowest BCUT2D eigenvalue weighted by Crippen LogP contribution is -2.53. The predicted molar refractivity (Wildman–Crippen MR) is 254 cm³/mol. The molecule has 12 nitrogen and oxygen atoms in total. The first-order valence-electron chi connectivity index (χ1n) is 21.6. The molecule has 2 heterocycles. The number of esters is 1. The third-order valence-electron chi connectivity index (χ3n) is 11.5. The molecule has 0 aliphatic carbocycles. The second kappa shape index (κ2) is 22.1. The standard InChI is InChI=1S/C26H28N4O2.C26H27N3O3/c27-19-25(31)22-13-11-21(12-14-22)20-30(24-9-5-2-6-10-24)26(32)29-17-15-28(16-18-29)23-7-3-1-4-8-23;1-32-25(30)22-14-12-21(13-15-22)20-29(24-10-6-3-7-11-24)26(31)28-18-16-27(17-19-28)23-8-4-2-5-9-23/h1-14H,15-20,27H2;2-15H,16-20H2,1H3. The number of methoxy groups -OCH3 is 1. The van der Waals surface area contributed by atoms with Crippen molar-refractivity contribution in [2.24, 2.45) is 5.73 Å². The van der Waals surface area contributed by atoms with E-state index < -0.39 is 0 Å². The highest BCUT2D eigenvalue weighted by Crippen LogP contribution is 2.24. The van der Waals surface area contributed by atoms with Gasteiger partial charge in [0.2, 0.25) is 0 Å². The molecule has 0 spiro atoms. The molecule has 0 aromatic heterocycles. The molecule has 0 atom stereocenters. The number of nitrogens with two attached hydrogens (primary N) is 1. The topological polar surface area (TPSA) is 123 Å². The molecular formula is C52H55N7O5. The van der Waals surface area contributed by atoms with Gasteiger partial charge in [-0.15, -0.1) is 0 Å². The molecule has 2 fully saturated rings. The van der Waals surface area contributed by atoms with Crippen LogP contribution in [0.25, 0.3) is 0 Å². The van der Waals surface area contributed by atoms with Crippen molar-refractivity contribution in [2.75, 3.05) is 85.6 Å². The zero-order valence-corrected chi connectivity index (χ0v) is 36.2. The number of amides is 4. The van der Waals surface area contributed by atoms with Gasteiger partial charge in [0.25, 0.3) is 0 Å². The third kappa shape index (κ3) is 11.5. The minimum Gasteiger partial charge on any atom is -0.465 e. The van der Waals surface area contributed by atoms with Crippen LogP contribution < -0.4 is 25.3 Å². The Morgan fingerprint density at radius 1 is 0.469 bits per heavy atom. The van der Waals surface area contributed by atoms with Gasteiger partial charge in [-0.2, -0.15) is 0 Å². The summed E-state index contributed by atoms with van der Waals surface area (Å²) < 4.78 is 4.77.